The molecule has 0 spiro atoms. The van der Waals surface area contributed by atoms with Crippen LogP contribution in [0.3, 0.4) is 0 Å². The number of hydrogen-bond donors (Lipinski definition) is 1. The van der Waals surface area contributed by atoms with Crippen LogP contribution in [0.1, 0.15) is 17.5 Å². The standard InChI is InChI=1S/C12H18N2O3S/c1-17-12-4-3-10(7-11(12)8-13)9-14-5-2-6-18(14,15)16/h3-4,7H,2,5-6,8-9,13H2,1H3. The van der Waals surface area contributed by atoms with E-state index in [9.17, 15) is 8.42 Å². The molecule has 0 amide bonds. The average Bonchev–Trinajstić information content (AvgIpc) is 2.68. The van der Waals surface area contributed by atoms with Crippen molar-refractivity contribution in [2.45, 2.75) is 19.5 Å². The summed E-state index contributed by atoms with van der Waals surface area (Å²) in [6.07, 6.45) is 0.711. The number of methoxy groups -OCH3 is 1. The predicted octanol–water partition coefficient (Wildman–Crippen LogP) is 0.689. The number of nitrogens with two attached hydrogens (primary N) is 1. The molecular formula is C12H18N2O3S. The molecule has 6 heteroatoms. The molecule has 0 aromatic heterocycles. The summed E-state index contributed by atoms with van der Waals surface area (Å²) in [5.74, 6) is 0.998. The lowest BCUT2D eigenvalue weighted by molar-refractivity contribution is 0.408. The Morgan fingerprint density at radius 1 is 1.44 bits per heavy atom. The number of hydrogen-bond acceptors (Lipinski definition) is 4. The van der Waals surface area contributed by atoms with E-state index in [0.29, 0.717) is 26.1 Å². The van der Waals surface area contributed by atoms with Crippen molar-refractivity contribution in [3.8, 4) is 5.75 Å². The van der Waals surface area contributed by atoms with Crippen LogP contribution in [-0.2, 0) is 23.1 Å². The van der Waals surface area contributed by atoms with Gasteiger partial charge in [-0.15, -0.1) is 0 Å². The summed E-state index contributed by atoms with van der Waals surface area (Å²) < 4.78 is 30.2. The van der Waals surface area contributed by atoms with E-state index >= 15 is 0 Å². The van der Waals surface area contributed by atoms with E-state index < -0.39 is 10.0 Å². The van der Waals surface area contributed by atoms with Crippen LogP contribution < -0.4 is 10.5 Å². The molecule has 1 aliphatic heterocycles. The highest BCUT2D eigenvalue weighted by atomic mass is 32.2. The second-order valence-electron chi connectivity index (χ2n) is 4.35. The molecule has 0 saturated carbocycles. The van der Waals surface area contributed by atoms with Crippen LogP contribution in [-0.4, -0.2) is 32.1 Å². The van der Waals surface area contributed by atoms with Gasteiger partial charge in [-0.1, -0.05) is 6.07 Å². The lowest BCUT2D eigenvalue weighted by Gasteiger charge is -2.15. The number of sulfonamides is 1. The fraction of sp³-hybridized carbons (Fsp3) is 0.500. The van der Waals surface area contributed by atoms with Crippen molar-refractivity contribution in [2.24, 2.45) is 5.73 Å². The van der Waals surface area contributed by atoms with E-state index in [0.717, 1.165) is 16.9 Å². The van der Waals surface area contributed by atoms with Gasteiger partial charge in [-0.2, -0.15) is 4.31 Å². The second-order valence-corrected chi connectivity index (χ2v) is 6.44. The van der Waals surface area contributed by atoms with Gasteiger partial charge in [0.15, 0.2) is 0 Å². The molecule has 1 aliphatic rings. The van der Waals surface area contributed by atoms with E-state index in [1.54, 1.807) is 7.11 Å². The summed E-state index contributed by atoms with van der Waals surface area (Å²) in [5, 5.41) is 0. The topological polar surface area (TPSA) is 72.6 Å². The number of rotatable bonds is 4. The molecule has 2 rings (SSSR count). The van der Waals surface area contributed by atoms with Crippen molar-refractivity contribution in [3.05, 3.63) is 29.3 Å². The van der Waals surface area contributed by atoms with Gasteiger partial charge in [-0.3, -0.25) is 0 Å². The van der Waals surface area contributed by atoms with E-state index in [1.165, 1.54) is 4.31 Å². The molecule has 1 fully saturated rings. The van der Waals surface area contributed by atoms with Gasteiger partial charge in [0.25, 0.3) is 0 Å². The zero-order valence-corrected chi connectivity index (χ0v) is 11.2. The van der Waals surface area contributed by atoms with Crippen LogP contribution in [0.4, 0.5) is 0 Å². The molecule has 1 saturated heterocycles. The fourth-order valence-electron chi connectivity index (χ4n) is 2.16. The van der Waals surface area contributed by atoms with Crippen LogP contribution in [0.15, 0.2) is 18.2 Å². The number of nitrogens with zero attached hydrogens (tertiary/aromatic N) is 1. The van der Waals surface area contributed by atoms with Crippen molar-refractivity contribution in [1.29, 1.82) is 0 Å². The van der Waals surface area contributed by atoms with E-state index in [2.05, 4.69) is 0 Å². The molecule has 1 aromatic rings. The molecule has 0 bridgehead atoms. The van der Waals surface area contributed by atoms with E-state index in [-0.39, 0.29) is 5.75 Å². The summed E-state index contributed by atoms with van der Waals surface area (Å²) in [7, 11) is -1.45. The molecule has 18 heavy (non-hydrogen) atoms. The summed E-state index contributed by atoms with van der Waals surface area (Å²) in [6, 6.07) is 5.62. The Labute approximate surface area is 108 Å². The van der Waals surface area contributed by atoms with Gasteiger partial charge in [0.1, 0.15) is 5.75 Å². The highest BCUT2D eigenvalue weighted by Gasteiger charge is 2.28. The molecule has 0 atom stereocenters. The summed E-state index contributed by atoms with van der Waals surface area (Å²) in [6.45, 7) is 1.40. The maximum absolute atomic E-state index is 11.7. The zero-order valence-electron chi connectivity index (χ0n) is 10.4. The molecule has 0 aliphatic carbocycles. The minimum absolute atomic E-state index is 0.257. The molecular weight excluding hydrogens is 252 g/mol. The Balaban J connectivity index is 2.20. The molecule has 100 valence electrons. The van der Waals surface area contributed by atoms with Crippen molar-refractivity contribution in [3.63, 3.8) is 0 Å². The van der Waals surface area contributed by atoms with Crippen molar-refractivity contribution in [2.75, 3.05) is 19.4 Å². The largest absolute Gasteiger partial charge is 0.496 e. The zero-order chi connectivity index (χ0) is 13.2. The SMILES string of the molecule is COc1ccc(CN2CCCS2(=O)=O)cc1CN. The normalized spacial score (nSPS) is 19.0. The molecule has 2 N–H and O–H groups in total. The third kappa shape index (κ3) is 2.66. The first-order chi connectivity index (χ1) is 8.56. The lowest BCUT2D eigenvalue weighted by atomic mass is 10.1. The Hall–Kier alpha value is -1.11. The van der Waals surface area contributed by atoms with Crippen LogP contribution >= 0.6 is 0 Å². The van der Waals surface area contributed by atoms with Crippen LogP contribution in [0.2, 0.25) is 0 Å². The molecule has 0 unspecified atom stereocenters. The highest BCUT2D eigenvalue weighted by molar-refractivity contribution is 7.89. The monoisotopic (exact) mass is 270 g/mol. The van der Waals surface area contributed by atoms with Crippen LogP contribution in [0.25, 0.3) is 0 Å². The van der Waals surface area contributed by atoms with E-state index in [4.69, 9.17) is 10.5 Å². The average molecular weight is 270 g/mol. The molecule has 1 aromatic carbocycles. The maximum Gasteiger partial charge on any atom is 0.214 e. The minimum atomic E-state index is -3.05. The van der Waals surface area contributed by atoms with Gasteiger partial charge < -0.3 is 10.5 Å². The van der Waals surface area contributed by atoms with Crippen LogP contribution in [0.5, 0.6) is 5.75 Å². The van der Waals surface area contributed by atoms with Crippen molar-refractivity contribution < 1.29 is 13.2 Å². The van der Waals surface area contributed by atoms with Crippen molar-refractivity contribution in [1.82, 2.24) is 4.31 Å². The first-order valence-electron chi connectivity index (χ1n) is 5.90. The quantitative estimate of drug-likeness (QED) is 0.873. The summed E-state index contributed by atoms with van der Waals surface area (Å²) in [5.41, 5.74) is 7.49. The summed E-state index contributed by atoms with van der Waals surface area (Å²) in [4.78, 5) is 0. The Morgan fingerprint density at radius 3 is 2.78 bits per heavy atom. The van der Waals surface area contributed by atoms with Gasteiger partial charge in [0.05, 0.1) is 12.9 Å². The first kappa shape index (κ1) is 13.3. The van der Waals surface area contributed by atoms with Gasteiger partial charge in [-0.05, 0) is 24.1 Å². The first-order valence-corrected chi connectivity index (χ1v) is 7.51. The second kappa shape index (κ2) is 5.26. The van der Waals surface area contributed by atoms with Crippen molar-refractivity contribution >= 4 is 10.0 Å². The molecule has 0 radical (unpaired) electrons. The lowest BCUT2D eigenvalue weighted by Crippen LogP contribution is -2.25. The Bertz CT molecular complexity index is 528. The maximum atomic E-state index is 11.7. The van der Waals surface area contributed by atoms with Gasteiger partial charge in [0.2, 0.25) is 10.0 Å². The predicted molar refractivity (Wildman–Crippen MR) is 69.7 cm³/mol. The molecule has 1 heterocycles. The minimum Gasteiger partial charge on any atom is -0.496 e. The van der Waals surface area contributed by atoms with Crippen LogP contribution in [0, 0.1) is 0 Å². The Morgan fingerprint density at radius 2 is 2.22 bits per heavy atom. The number of ether oxygens (including phenoxy) is 1. The smallest absolute Gasteiger partial charge is 0.214 e. The van der Waals surface area contributed by atoms with Gasteiger partial charge in [0, 0.05) is 25.2 Å². The Kier molecular flexibility index (Phi) is 3.89. The summed E-state index contributed by atoms with van der Waals surface area (Å²) >= 11 is 0. The number of benzene rings is 1. The third-order valence-electron chi connectivity index (χ3n) is 3.13. The van der Waals surface area contributed by atoms with Gasteiger partial charge in [-0.25, -0.2) is 8.42 Å². The fourth-order valence-corrected chi connectivity index (χ4v) is 3.67. The third-order valence-corrected chi connectivity index (χ3v) is 5.03. The van der Waals surface area contributed by atoms with E-state index in [1.807, 2.05) is 18.2 Å². The highest BCUT2D eigenvalue weighted by Crippen LogP contribution is 2.22. The molecule has 5 nitrogen and oxygen atoms in total. The van der Waals surface area contributed by atoms with Gasteiger partial charge >= 0.3 is 0 Å².